The molecule has 0 aromatic heterocycles. The Morgan fingerprint density at radius 1 is 0.857 bits per heavy atom. The lowest BCUT2D eigenvalue weighted by Gasteiger charge is -2.09. The average Bonchev–Trinajstić information content (AvgIpc) is 2.89. The van der Waals surface area contributed by atoms with Crippen molar-refractivity contribution in [2.24, 2.45) is 5.10 Å². The molecule has 0 spiro atoms. The SMILES string of the molecule is COc1ccc(C(=O)Oc2ccc(C=NNC(=O)Cc3cccc4ccccc34)cc2)cc1OC. The number of hydrogen-bond donors (Lipinski definition) is 1. The number of carbonyl (C=O) groups excluding carboxylic acids is 2. The summed E-state index contributed by atoms with van der Waals surface area (Å²) in [7, 11) is 3.02. The summed E-state index contributed by atoms with van der Waals surface area (Å²) in [6.45, 7) is 0. The number of nitrogens with zero attached hydrogens (tertiary/aromatic N) is 1. The molecule has 0 atom stereocenters. The normalized spacial score (nSPS) is 10.8. The van der Waals surface area contributed by atoms with Gasteiger partial charge in [-0.05, 0) is 64.4 Å². The first-order chi connectivity index (χ1) is 17.1. The van der Waals surface area contributed by atoms with Crippen LogP contribution in [0, 0.1) is 0 Å². The summed E-state index contributed by atoms with van der Waals surface area (Å²) in [6.07, 6.45) is 1.75. The van der Waals surface area contributed by atoms with Gasteiger partial charge in [0.25, 0.3) is 0 Å². The van der Waals surface area contributed by atoms with E-state index in [0.29, 0.717) is 22.8 Å². The van der Waals surface area contributed by atoms with Gasteiger partial charge in [0, 0.05) is 0 Å². The molecule has 176 valence electrons. The minimum absolute atomic E-state index is 0.210. The Labute approximate surface area is 202 Å². The summed E-state index contributed by atoms with van der Waals surface area (Å²) >= 11 is 0. The van der Waals surface area contributed by atoms with Gasteiger partial charge in [-0.1, -0.05) is 42.5 Å². The molecule has 0 radical (unpaired) electrons. The van der Waals surface area contributed by atoms with E-state index in [1.165, 1.54) is 20.4 Å². The predicted octanol–water partition coefficient (Wildman–Crippen LogP) is 4.77. The summed E-state index contributed by atoms with van der Waals surface area (Å²) in [5.74, 6) is 0.612. The van der Waals surface area contributed by atoms with Crippen molar-refractivity contribution in [3.8, 4) is 17.2 Å². The maximum absolute atomic E-state index is 12.5. The molecule has 0 aliphatic heterocycles. The van der Waals surface area contributed by atoms with Crippen molar-refractivity contribution in [1.29, 1.82) is 0 Å². The van der Waals surface area contributed by atoms with Gasteiger partial charge in [-0.25, -0.2) is 10.2 Å². The number of esters is 1. The molecule has 0 aliphatic carbocycles. The fourth-order valence-corrected chi connectivity index (χ4v) is 3.59. The Bertz CT molecular complexity index is 1370. The van der Waals surface area contributed by atoms with Crippen LogP contribution in [-0.4, -0.2) is 32.3 Å². The molecule has 0 heterocycles. The number of nitrogens with one attached hydrogen (secondary N) is 1. The first kappa shape index (κ1) is 23.5. The van der Waals surface area contributed by atoms with E-state index in [-0.39, 0.29) is 12.3 Å². The standard InChI is InChI=1S/C28H24N2O5/c1-33-25-15-12-22(16-26(25)34-2)28(32)35-23-13-10-19(11-14-23)18-29-30-27(31)17-21-8-5-7-20-6-3-4-9-24(20)21/h3-16,18H,17H2,1-2H3,(H,30,31). The number of methoxy groups -OCH3 is 2. The lowest BCUT2D eigenvalue weighted by Crippen LogP contribution is -2.19. The maximum Gasteiger partial charge on any atom is 0.343 e. The molecule has 4 aromatic carbocycles. The number of hydrogen-bond acceptors (Lipinski definition) is 6. The molecule has 0 saturated heterocycles. The quantitative estimate of drug-likeness (QED) is 0.174. The topological polar surface area (TPSA) is 86.2 Å². The Kier molecular flexibility index (Phi) is 7.37. The summed E-state index contributed by atoms with van der Waals surface area (Å²) < 4.78 is 15.8. The van der Waals surface area contributed by atoms with Crippen molar-refractivity contribution in [3.05, 3.63) is 102 Å². The number of rotatable bonds is 8. The first-order valence-electron chi connectivity index (χ1n) is 10.9. The van der Waals surface area contributed by atoms with E-state index >= 15 is 0 Å². The molecule has 0 unspecified atom stereocenters. The van der Waals surface area contributed by atoms with Gasteiger partial charge < -0.3 is 14.2 Å². The third-order valence-corrected chi connectivity index (χ3v) is 5.34. The molecule has 4 rings (SSSR count). The van der Waals surface area contributed by atoms with E-state index in [0.717, 1.165) is 21.9 Å². The smallest absolute Gasteiger partial charge is 0.343 e. The van der Waals surface area contributed by atoms with Gasteiger partial charge in [0.2, 0.25) is 5.91 Å². The summed E-state index contributed by atoms with van der Waals surface area (Å²) in [5, 5.41) is 6.17. The van der Waals surface area contributed by atoms with E-state index in [1.54, 1.807) is 42.5 Å². The van der Waals surface area contributed by atoms with Gasteiger partial charge in [-0.2, -0.15) is 5.10 Å². The third kappa shape index (κ3) is 5.83. The number of amides is 1. The highest BCUT2D eigenvalue weighted by Crippen LogP contribution is 2.28. The Hall–Kier alpha value is -4.65. The number of carbonyl (C=O) groups is 2. The molecule has 0 aliphatic rings. The highest BCUT2D eigenvalue weighted by atomic mass is 16.5. The Balaban J connectivity index is 1.33. The number of hydrazone groups is 1. The summed E-state index contributed by atoms with van der Waals surface area (Å²) in [6, 6.07) is 25.4. The van der Waals surface area contributed by atoms with E-state index in [4.69, 9.17) is 14.2 Å². The molecular weight excluding hydrogens is 444 g/mol. The van der Waals surface area contributed by atoms with E-state index in [9.17, 15) is 9.59 Å². The van der Waals surface area contributed by atoms with Gasteiger partial charge in [0.05, 0.1) is 32.4 Å². The zero-order valence-corrected chi connectivity index (χ0v) is 19.4. The molecule has 7 heteroatoms. The van der Waals surface area contributed by atoms with Gasteiger partial charge in [-0.15, -0.1) is 0 Å². The molecule has 1 N–H and O–H groups in total. The second-order valence-corrected chi connectivity index (χ2v) is 7.64. The van der Waals surface area contributed by atoms with Crippen LogP contribution in [0.2, 0.25) is 0 Å². The van der Waals surface area contributed by atoms with Gasteiger partial charge in [0.15, 0.2) is 11.5 Å². The van der Waals surface area contributed by atoms with Crippen molar-refractivity contribution >= 4 is 28.9 Å². The van der Waals surface area contributed by atoms with Crippen molar-refractivity contribution in [2.45, 2.75) is 6.42 Å². The second-order valence-electron chi connectivity index (χ2n) is 7.64. The molecule has 0 fully saturated rings. The van der Waals surface area contributed by atoms with E-state index in [2.05, 4.69) is 10.5 Å². The molecule has 7 nitrogen and oxygen atoms in total. The number of benzene rings is 4. The van der Waals surface area contributed by atoms with Crippen LogP contribution in [0.4, 0.5) is 0 Å². The average molecular weight is 469 g/mol. The zero-order valence-electron chi connectivity index (χ0n) is 19.4. The van der Waals surface area contributed by atoms with Crippen LogP contribution in [0.25, 0.3) is 10.8 Å². The van der Waals surface area contributed by atoms with Crippen LogP contribution in [-0.2, 0) is 11.2 Å². The van der Waals surface area contributed by atoms with Crippen LogP contribution >= 0.6 is 0 Å². The van der Waals surface area contributed by atoms with Crippen molar-refractivity contribution in [1.82, 2.24) is 5.43 Å². The first-order valence-corrected chi connectivity index (χ1v) is 10.9. The van der Waals surface area contributed by atoms with Crippen LogP contribution < -0.4 is 19.6 Å². The van der Waals surface area contributed by atoms with Gasteiger partial charge in [-0.3, -0.25) is 4.79 Å². The molecule has 35 heavy (non-hydrogen) atoms. The minimum atomic E-state index is -0.520. The van der Waals surface area contributed by atoms with Crippen molar-refractivity contribution in [2.75, 3.05) is 14.2 Å². The summed E-state index contributed by atoms with van der Waals surface area (Å²) in [5.41, 5.74) is 4.57. The maximum atomic E-state index is 12.5. The number of fused-ring (bicyclic) bond motifs is 1. The Morgan fingerprint density at radius 2 is 1.60 bits per heavy atom. The predicted molar refractivity (Wildman–Crippen MR) is 134 cm³/mol. The number of ether oxygens (including phenoxy) is 3. The highest BCUT2D eigenvalue weighted by Gasteiger charge is 2.13. The van der Waals surface area contributed by atoms with E-state index in [1.807, 2.05) is 42.5 Å². The third-order valence-electron chi connectivity index (χ3n) is 5.34. The molecule has 0 saturated carbocycles. The molecule has 4 aromatic rings. The zero-order chi connectivity index (χ0) is 24.6. The molecule has 0 bridgehead atoms. The highest BCUT2D eigenvalue weighted by molar-refractivity contribution is 5.92. The lowest BCUT2D eigenvalue weighted by atomic mass is 10.0. The second kappa shape index (κ2) is 11.0. The van der Waals surface area contributed by atoms with Crippen molar-refractivity contribution < 1.29 is 23.8 Å². The lowest BCUT2D eigenvalue weighted by molar-refractivity contribution is -0.120. The largest absolute Gasteiger partial charge is 0.493 e. The van der Waals surface area contributed by atoms with Crippen LogP contribution in [0.1, 0.15) is 21.5 Å². The fraction of sp³-hybridized carbons (Fsp3) is 0.107. The van der Waals surface area contributed by atoms with Crippen LogP contribution in [0.3, 0.4) is 0 Å². The van der Waals surface area contributed by atoms with Crippen LogP contribution in [0.5, 0.6) is 17.2 Å². The fourth-order valence-electron chi connectivity index (χ4n) is 3.59. The molecular formula is C28H24N2O5. The van der Waals surface area contributed by atoms with Crippen LogP contribution in [0.15, 0.2) is 90.0 Å². The summed E-state index contributed by atoms with van der Waals surface area (Å²) in [4.78, 5) is 24.8. The minimum Gasteiger partial charge on any atom is -0.493 e. The Morgan fingerprint density at radius 3 is 2.37 bits per heavy atom. The monoisotopic (exact) mass is 468 g/mol. The molecule has 1 amide bonds. The van der Waals surface area contributed by atoms with Gasteiger partial charge in [0.1, 0.15) is 5.75 Å². The van der Waals surface area contributed by atoms with Gasteiger partial charge >= 0.3 is 5.97 Å². The van der Waals surface area contributed by atoms with E-state index < -0.39 is 5.97 Å². The van der Waals surface area contributed by atoms with Crippen molar-refractivity contribution in [3.63, 3.8) is 0 Å².